The SMILES string of the molecule is Cc1nc(NC(=O)c2cncnc2)sc1S(=O)(=O)Cl. The smallest absolute Gasteiger partial charge is 0.272 e. The van der Waals surface area contributed by atoms with Gasteiger partial charge in [-0.05, 0) is 6.92 Å². The second-order valence-corrected chi connectivity index (χ2v) is 7.17. The zero-order valence-electron chi connectivity index (χ0n) is 9.49. The van der Waals surface area contributed by atoms with Crippen LogP contribution in [0, 0.1) is 6.92 Å². The van der Waals surface area contributed by atoms with Crippen LogP contribution in [0.25, 0.3) is 0 Å². The molecule has 0 radical (unpaired) electrons. The van der Waals surface area contributed by atoms with Gasteiger partial charge in [-0.1, -0.05) is 11.3 Å². The fourth-order valence-corrected chi connectivity index (χ4v) is 3.59. The molecular formula is C9H7ClN4O3S2. The molecule has 0 atom stereocenters. The van der Waals surface area contributed by atoms with Crippen LogP contribution in [0.3, 0.4) is 0 Å². The second kappa shape index (κ2) is 5.19. The molecule has 10 heteroatoms. The monoisotopic (exact) mass is 318 g/mol. The van der Waals surface area contributed by atoms with Crippen LogP contribution in [0.5, 0.6) is 0 Å². The molecule has 2 aromatic rings. The average molecular weight is 319 g/mol. The number of hydrogen-bond donors (Lipinski definition) is 1. The van der Waals surface area contributed by atoms with Gasteiger partial charge >= 0.3 is 0 Å². The van der Waals surface area contributed by atoms with Gasteiger partial charge in [0.25, 0.3) is 15.0 Å². The van der Waals surface area contributed by atoms with Crippen molar-refractivity contribution in [3.05, 3.63) is 30.0 Å². The maximum Gasteiger partial charge on any atom is 0.272 e. The fourth-order valence-electron chi connectivity index (χ4n) is 1.25. The number of nitrogens with one attached hydrogen (secondary N) is 1. The summed E-state index contributed by atoms with van der Waals surface area (Å²) in [6.45, 7) is 1.49. The third-order valence-corrected chi connectivity index (χ3v) is 5.27. The van der Waals surface area contributed by atoms with E-state index in [0.29, 0.717) is 0 Å². The van der Waals surface area contributed by atoms with E-state index in [1.165, 1.54) is 25.6 Å². The van der Waals surface area contributed by atoms with Crippen LogP contribution in [-0.2, 0) is 9.05 Å². The van der Waals surface area contributed by atoms with Crippen LogP contribution >= 0.6 is 22.0 Å². The lowest BCUT2D eigenvalue weighted by Gasteiger charge is -1.99. The molecule has 0 aromatic carbocycles. The van der Waals surface area contributed by atoms with Crippen molar-refractivity contribution in [1.29, 1.82) is 0 Å². The summed E-state index contributed by atoms with van der Waals surface area (Å²) in [5.74, 6) is -0.479. The average Bonchev–Trinajstić information content (AvgIpc) is 2.71. The number of rotatable bonds is 3. The minimum atomic E-state index is -3.86. The van der Waals surface area contributed by atoms with E-state index in [1.807, 2.05) is 0 Å². The number of aryl methyl sites for hydroxylation is 1. The Bertz CT molecular complexity index is 714. The number of thiazole rings is 1. The molecule has 0 aliphatic heterocycles. The van der Waals surface area contributed by atoms with Gasteiger partial charge in [-0.3, -0.25) is 10.1 Å². The van der Waals surface area contributed by atoms with E-state index in [9.17, 15) is 13.2 Å². The molecule has 0 aliphatic rings. The summed E-state index contributed by atoms with van der Waals surface area (Å²) in [6, 6.07) is 0. The first-order valence-corrected chi connectivity index (χ1v) is 7.99. The maximum atomic E-state index is 11.8. The Kier molecular flexibility index (Phi) is 3.78. The van der Waals surface area contributed by atoms with Crippen molar-refractivity contribution in [3.63, 3.8) is 0 Å². The van der Waals surface area contributed by atoms with Crippen molar-refractivity contribution in [2.24, 2.45) is 0 Å². The van der Waals surface area contributed by atoms with E-state index < -0.39 is 15.0 Å². The normalized spacial score (nSPS) is 11.3. The molecule has 19 heavy (non-hydrogen) atoms. The standard InChI is InChI=1S/C9H7ClN4O3S2/c1-5-8(19(10,16)17)18-9(13-5)14-7(15)6-2-11-4-12-3-6/h2-4H,1H3,(H,13,14,15). The van der Waals surface area contributed by atoms with Gasteiger partial charge in [0.1, 0.15) is 6.33 Å². The number of nitrogens with zero attached hydrogens (tertiary/aromatic N) is 3. The highest BCUT2D eigenvalue weighted by molar-refractivity contribution is 8.15. The number of carbonyl (C=O) groups excluding carboxylic acids is 1. The highest BCUT2D eigenvalue weighted by Gasteiger charge is 2.20. The van der Waals surface area contributed by atoms with Gasteiger partial charge in [0.2, 0.25) is 0 Å². The zero-order chi connectivity index (χ0) is 14.0. The third-order valence-electron chi connectivity index (χ3n) is 2.02. The molecule has 7 nitrogen and oxygen atoms in total. The molecule has 0 fully saturated rings. The Morgan fingerprint density at radius 1 is 1.37 bits per heavy atom. The predicted octanol–water partition coefficient (Wildman–Crippen LogP) is 1.42. The van der Waals surface area contributed by atoms with Crippen LogP contribution < -0.4 is 5.32 Å². The summed E-state index contributed by atoms with van der Waals surface area (Å²) < 4.78 is 22.4. The highest BCUT2D eigenvalue weighted by atomic mass is 35.7. The molecular weight excluding hydrogens is 312 g/mol. The topological polar surface area (TPSA) is 102 Å². The molecule has 0 saturated carbocycles. The molecule has 1 N–H and O–H groups in total. The van der Waals surface area contributed by atoms with E-state index in [2.05, 4.69) is 20.3 Å². The molecule has 0 spiro atoms. The van der Waals surface area contributed by atoms with Crippen molar-refractivity contribution in [2.75, 3.05) is 5.32 Å². The summed E-state index contributed by atoms with van der Waals surface area (Å²) in [4.78, 5) is 23.1. The Balaban J connectivity index is 2.24. The molecule has 0 saturated heterocycles. The molecule has 2 aromatic heterocycles. The number of amides is 1. The van der Waals surface area contributed by atoms with Gasteiger partial charge in [0.15, 0.2) is 9.34 Å². The Morgan fingerprint density at radius 2 is 2.00 bits per heavy atom. The van der Waals surface area contributed by atoms with Gasteiger partial charge in [0, 0.05) is 23.1 Å². The van der Waals surface area contributed by atoms with E-state index >= 15 is 0 Å². The Labute approximate surface area is 117 Å². The number of halogens is 1. The predicted molar refractivity (Wildman–Crippen MR) is 69.9 cm³/mol. The van der Waals surface area contributed by atoms with Crippen LogP contribution in [-0.4, -0.2) is 29.3 Å². The first-order valence-electron chi connectivity index (χ1n) is 4.86. The van der Waals surface area contributed by atoms with Gasteiger partial charge in [-0.25, -0.2) is 23.4 Å². The van der Waals surface area contributed by atoms with E-state index in [4.69, 9.17) is 10.7 Å². The number of hydrogen-bond acceptors (Lipinski definition) is 7. The highest BCUT2D eigenvalue weighted by Crippen LogP contribution is 2.29. The van der Waals surface area contributed by atoms with Crippen molar-refractivity contribution in [2.45, 2.75) is 11.1 Å². The fraction of sp³-hybridized carbons (Fsp3) is 0.111. The minimum Gasteiger partial charge on any atom is -0.298 e. The molecule has 0 bridgehead atoms. The first-order chi connectivity index (χ1) is 8.88. The van der Waals surface area contributed by atoms with Gasteiger partial charge < -0.3 is 0 Å². The summed E-state index contributed by atoms with van der Waals surface area (Å²) >= 11 is 0.786. The second-order valence-electron chi connectivity index (χ2n) is 3.41. The van der Waals surface area contributed by atoms with Gasteiger partial charge in [-0.15, -0.1) is 0 Å². The molecule has 100 valence electrons. The summed E-state index contributed by atoms with van der Waals surface area (Å²) in [5.41, 5.74) is 0.477. The largest absolute Gasteiger partial charge is 0.298 e. The van der Waals surface area contributed by atoms with Crippen LogP contribution in [0.2, 0.25) is 0 Å². The van der Waals surface area contributed by atoms with Gasteiger partial charge in [0.05, 0.1) is 11.3 Å². The number of anilines is 1. The van der Waals surface area contributed by atoms with Crippen molar-refractivity contribution in [1.82, 2.24) is 15.0 Å². The third kappa shape index (κ3) is 3.25. The van der Waals surface area contributed by atoms with Crippen molar-refractivity contribution in [3.8, 4) is 0 Å². The van der Waals surface area contributed by atoms with Crippen LogP contribution in [0.15, 0.2) is 22.9 Å². The molecule has 0 unspecified atom stereocenters. The van der Waals surface area contributed by atoms with Gasteiger partial charge in [-0.2, -0.15) is 0 Å². The number of aromatic nitrogens is 3. The quantitative estimate of drug-likeness (QED) is 0.859. The lowest BCUT2D eigenvalue weighted by atomic mass is 10.3. The summed E-state index contributed by atoms with van der Waals surface area (Å²) in [6.07, 6.45) is 3.96. The Morgan fingerprint density at radius 3 is 2.53 bits per heavy atom. The minimum absolute atomic E-state index is 0.0891. The van der Waals surface area contributed by atoms with Crippen molar-refractivity contribution < 1.29 is 13.2 Å². The lowest BCUT2D eigenvalue weighted by Crippen LogP contribution is -2.12. The van der Waals surface area contributed by atoms with Crippen molar-refractivity contribution >= 4 is 42.1 Å². The molecule has 1 amide bonds. The Hall–Kier alpha value is -1.58. The molecule has 2 heterocycles. The van der Waals surface area contributed by atoms with E-state index in [-0.39, 0.29) is 20.6 Å². The lowest BCUT2D eigenvalue weighted by molar-refractivity contribution is 0.102. The van der Waals surface area contributed by atoms with Crippen LogP contribution in [0.4, 0.5) is 5.13 Å². The number of carbonyl (C=O) groups is 1. The maximum absolute atomic E-state index is 11.8. The first kappa shape index (κ1) is 13.8. The molecule has 2 rings (SSSR count). The van der Waals surface area contributed by atoms with Crippen LogP contribution in [0.1, 0.15) is 16.1 Å². The van der Waals surface area contributed by atoms with E-state index in [1.54, 1.807) is 0 Å². The molecule has 0 aliphatic carbocycles. The zero-order valence-corrected chi connectivity index (χ0v) is 11.9. The summed E-state index contributed by atoms with van der Waals surface area (Å²) in [7, 11) is 1.38. The van der Waals surface area contributed by atoms with E-state index in [0.717, 1.165) is 11.3 Å². The summed E-state index contributed by atoms with van der Waals surface area (Å²) in [5, 5.41) is 2.60.